The van der Waals surface area contributed by atoms with Gasteiger partial charge in [0.2, 0.25) is 0 Å². The van der Waals surface area contributed by atoms with Crippen LogP contribution in [-0.4, -0.2) is 4.92 Å². The quantitative estimate of drug-likeness (QED) is 0.610. The van der Waals surface area contributed by atoms with E-state index in [1.54, 1.807) is 12.1 Å². The lowest BCUT2D eigenvalue weighted by molar-refractivity contribution is -0.384. The molecule has 0 aliphatic heterocycles. The maximum absolute atomic E-state index is 10.7. The second-order valence-corrected chi connectivity index (χ2v) is 4.68. The van der Waals surface area contributed by atoms with Crippen molar-refractivity contribution in [3.8, 4) is 11.1 Å². The lowest BCUT2D eigenvalue weighted by atomic mass is 10.0. The standard InChI is InChI=1S/C13H10BrNO2/c1-9-5-6-11(14)8-13(9)10-3-2-4-12(7-10)15(16)17/h2-8H,1H3. The Hall–Kier alpha value is -1.68. The minimum absolute atomic E-state index is 0.113. The number of nitro benzene ring substituents is 1. The fraction of sp³-hybridized carbons (Fsp3) is 0.0769. The van der Waals surface area contributed by atoms with Gasteiger partial charge in [-0.15, -0.1) is 0 Å². The highest BCUT2D eigenvalue weighted by Crippen LogP contribution is 2.29. The number of non-ortho nitro benzene ring substituents is 1. The van der Waals surface area contributed by atoms with E-state index in [1.165, 1.54) is 6.07 Å². The van der Waals surface area contributed by atoms with Gasteiger partial charge in [0, 0.05) is 16.6 Å². The van der Waals surface area contributed by atoms with Crippen LogP contribution >= 0.6 is 15.9 Å². The molecular weight excluding hydrogens is 282 g/mol. The topological polar surface area (TPSA) is 43.1 Å². The number of nitrogens with zero attached hydrogens (tertiary/aromatic N) is 1. The number of hydrogen-bond donors (Lipinski definition) is 0. The molecule has 0 N–H and O–H groups in total. The van der Waals surface area contributed by atoms with Crippen molar-refractivity contribution in [1.29, 1.82) is 0 Å². The normalized spacial score (nSPS) is 10.2. The number of nitro groups is 1. The molecule has 0 bridgehead atoms. The monoisotopic (exact) mass is 291 g/mol. The molecule has 2 aromatic rings. The van der Waals surface area contributed by atoms with Crippen LogP contribution in [0.5, 0.6) is 0 Å². The van der Waals surface area contributed by atoms with Crippen molar-refractivity contribution in [3.05, 3.63) is 62.6 Å². The van der Waals surface area contributed by atoms with Gasteiger partial charge in [0.15, 0.2) is 0 Å². The Morgan fingerprint density at radius 3 is 2.65 bits per heavy atom. The SMILES string of the molecule is Cc1ccc(Br)cc1-c1cccc([N+](=O)[O-])c1. The number of benzene rings is 2. The number of aryl methyl sites for hydroxylation is 1. The van der Waals surface area contributed by atoms with Crippen LogP contribution in [0.25, 0.3) is 11.1 Å². The highest BCUT2D eigenvalue weighted by Gasteiger charge is 2.08. The molecule has 2 aromatic carbocycles. The molecular formula is C13H10BrNO2. The molecule has 0 aliphatic carbocycles. The predicted octanol–water partition coefficient (Wildman–Crippen LogP) is 4.33. The Kier molecular flexibility index (Phi) is 3.24. The van der Waals surface area contributed by atoms with Crippen molar-refractivity contribution < 1.29 is 4.92 Å². The van der Waals surface area contributed by atoms with Crippen molar-refractivity contribution >= 4 is 21.6 Å². The van der Waals surface area contributed by atoms with E-state index in [2.05, 4.69) is 15.9 Å². The average molecular weight is 292 g/mol. The lowest BCUT2D eigenvalue weighted by Gasteiger charge is -2.06. The summed E-state index contributed by atoms with van der Waals surface area (Å²) < 4.78 is 0.963. The second kappa shape index (κ2) is 4.67. The fourth-order valence-corrected chi connectivity index (χ4v) is 2.05. The molecule has 0 atom stereocenters. The van der Waals surface area contributed by atoms with Crippen LogP contribution in [0.2, 0.25) is 0 Å². The predicted molar refractivity (Wildman–Crippen MR) is 71.0 cm³/mol. The largest absolute Gasteiger partial charge is 0.270 e. The summed E-state index contributed by atoms with van der Waals surface area (Å²) in [6.07, 6.45) is 0. The maximum Gasteiger partial charge on any atom is 0.270 e. The summed E-state index contributed by atoms with van der Waals surface area (Å²) in [5.41, 5.74) is 3.07. The summed E-state index contributed by atoms with van der Waals surface area (Å²) in [5, 5.41) is 10.7. The zero-order chi connectivity index (χ0) is 12.4. The fourth-order valence-electron chi connectivity index (χ4n) is 1.69. The summed E-state index contributed by atoms with van der Waals surface area (Å²) in [6, 6.07) is 12.6. The minimum atomic E-state index is -0.378. The Morgan fingerprint density at radius 1 is 1.18 bits per heavy atom. The van der Waals surface area contributed by atoms with E-state index in [4.69, 9.17) is 0 Å². The molecule has 0 saturated carbocycles. The van der Waals surface area contributed by atoms with Crippen molar-refractivity contribution in [2.24, 2.45) is 0 Å². The molecule has 4 heteroatoms. The summed E-state index contributed by atoms with van der Waals surface area (Å²) >= 11 is 3.41. The third-order valence-electron chi connectivity index (χ3n) is 2.57. The number of hydrogen-bond acceptors (Lipinski definition) is 2. The first kappa shape index (κ1) is 11.8. The van der Waals surface area contributed by atoms with Gasteiger partial charge in [-0.05, 0) is 35.7 Å². The zero-order valence-electron chi connectivity index (χ0n) is 9.18. The smallest absolute Gasteiger partial charge is 0.258 e. The van der Waals surface area contributed by atoms with Gasteiger partial charge in [-0.25, -0.2) is 0 Å². The summed E-state index contributed by atoms with van der Waals surface area (Å²) in [4.78, 5) is 10.4. The number of rotatable bonds is 2. The molecule has 0 heterocycles. The molecule has 3 nitrogen and oxygen atoms in total. The number of halogens is 1. The van der Waals surface area contributed by atoms with E-state index in [9.17, 15) is 10.1 Å². The van der Waals surface area contributed by atoms with Crippen LogP contribution in [0.4, 0.5) is 5.69 Å². The van der Waals surface area contributed by atoms with E-state index in [1.807, 2.05) is 31.2 Å². The van der Waals surface area contributed by atoms with Crippen LogP contribution < -0.4 is 0 Å². The van der Waals surface area contributed by atoms with Crippen molar-refractivity contribution in [2.75, 3.05) is 0 Å². The molecule has 0 unspecified atom stereocenters. The van der Waals surface area contributed by atoms with E-state index < -0.39 is 0 Å². The maximum atomic E-state index is 10.7. The van der Waals surface area contributed by atoms with Crippen LogP contribution in [0, 0.1) is 17.0 Å². The molecule has 0 spiro atoms. The summed E-state index contributed by atoms with van der Waals surface area (Å²) in [5.74, 6) is 0. The molecule has 0 aliphatic rings. The van der Waals surface area contributed by atoms with E-state index >= 15 is 0 Å². The van der Waals surface area contributed by atoms with Gasteiger partial charge in [-0.3, -0.25) is 10.1 Å². The van der Waals surface area contributed by atoms with Crippen molar-refractivity contribution in [2.45, 2.75) is 6.92 Å². The Morgan fingerprint density at radius 2 is 1.94 bits per heavy atom. The summed E-state index contributed by atoms with van der Waals surface area (Å²) in [6.45, 7) is 1.99. The molecule has 0 amide bonds. The Labute approximate surface area is 107 Å². The lowest BCUT2D eigenvalue weighted by Crippen LogP contribution is -1.89. The highest BCUT2D eigenvalue weighted by atomic mass is 79.9. The van der Waals surface area contributed by atoms with Gasteiger partial charge < -0.3 is 0 Å². The van der Waals surface area contributed by atoms with Gasteiger partial charge in [-0.1, -0.05) is 34.1 Å². The minimum Gasteiger partial charge on any atom is -0.258 e. The van der Waals surface area contributed by atoms with E-state index in [0.29, 0.717) is 0 Å². The first-order valence-electron chi connectivity index (χ1n) is 5.09. The second-order valence-electron chi connectivity index (χ2n) is 3.77. The van der Waals surface area contributed by atoms with Gasteiger partial charge in [0.1, 0.15) is 0 Å². The molecule has 0 saturated heterocycles. The first-order valence-corrected chi connectivity index (χ1v) is 5.88. The molecule has 0 fully saturated rings. The molecule has 0 aromatic heterocycles. The van der Waals surface area contributed by atoms with Crippen molar-refractivity contribution in [1.82, 2.24) is 0 Å². The van der Waals surface area contributed by atoms with Crippen LogP contribution in [0.3, 0.4) is 0 Å². The van der Waals surface area contributed by atoms with Crippen molar-refractivity contribution in [3.63, 3.8) is 0 Å². The summed E-state index contributed by atoms with van der Waals surface area (Å²) in [7, 11) is 0. The van der Waals surface area contributed by atoms with E-state index in [-0.39, 0.29) is 10.6 Å². The third-order valence-corrected chi connectivity index (χ3v) is 3.06. The van der Waals surface area contributed by atoms with Crippen LogP contribution in [0.1, 0.15) is 5.56 Å². The van der Waals surface area contributed by atoms with Gasteiger partial charge >= 0.3 is 0 Å². The first-order chi connectivity index (χ1) is 8.08. The highest BCUT2D eigenvalue weighted by molar-refractivity contribution is 9.10. The van der Waals surface area contributed by atoms with E-state index in [0.717, 1.165) is 21.2 Å². The van der Waals surface area contributed by atoms with Crippen LogP contribution in [0.15, 0.2) is 46.9 Å². The van der Waals surface area contributed by atoms with Crippen LogP contribution in [-0.2, 0) is 0 Å². The van der Waals surface area contributed by atoms with Gasteiger partial charge in [-0.2, -0.15) is 0 Å². The zero-order valence-corrected chi connectivity index (χ0v) is 10.8. The molecule has 86 valence electrons. The average Bonchev–Trinajstić information content (AvgIpc) is 2.32. The Bertz CT molecular complexity index is 581. The molecule has 17 heavy (non-hydrogen) atoms. The Balaban J connectivity index is 2.56. The third kappa shape index (κ3) is 2.53. The molecule has 0 radical (unpaired) electrons. The molecule has 2 rings (SSSR count). The van der Waals surface area contributed by atoms with Gasteiger partial charge in [0.25, 0.3) is 5.69 Å². The van der Waals surface area contributed by atoms with Gasteiger partial charge in [0.05, 0.1) is 4.92 Å².